The molecule has 0 bridgehead atoms. The quantitative estimate of drug-likeness (QED) is 0.198. The van der Waals surface area contributed by atoms with E-state index in [0.29, 0.717) is 38.0 Å². The number of carbonyl (C=O) groups excluding carboxylic acids is 1. The first kappa shape index (κ1) is 26.1. The highest BCUT2D eigenvalue weighted by molar-refractivity contribution is 7.98. The van der Waals surface area contributed by atoms with Crippen LogP contribution < -0.4 is 10.1 Å². The van der Waals surface area contributed by atoms with Crippen molar-refractivity contribution in [1.29, 1.82) is 0 Å². The number of aromatic nitrogens is 3. The zero-order valence-electron chi connectivity index (χ0n) is 20.7. The van der Waals surface area contributed by atoms with Crippen molar-refractivity contribution in [1.82, 2.24) is 20.1 Å². The van der Waals surface area contributed by atoms with Crippen LogP contribution in [0.15, 0.2) is 90.1 Å². The number of hydrogen-bond donors (Lipinski definition) is 1. The number of fused-ring (bicyclic) bond motifs is 1. The fourth-order valence-corrected chi connectivity index (χ4v) is 5.39. The predicted molar refractivity (Wildman–Crippen MR) is 154 cm³/mol. The third-order valence-electron chi connectivity index (χ3n) is 6.06. The smallest absolute Gasteiger partial charge is 0.251 e. The van der Waals surface area contributed by atoms with Crippen LogP contribution in [0.25, 0.3) is 16.5 Å². The summed E-state index contributed by atoms with van der Waals surface area (Å²) in [4.78, 5) is 13.2. The van der Waals surface area contributed by atoms with Crippen LogP contribution in [0.1, 0.15) is 34.7 Å². The number of amides is 1. The van der Waals surface area contributed by atoms with Crippen molar-refractivity contribution in [2.45, 2.75) is 23.9 Å². The summed E-state index contributed by atoms with van der Waals surface area (Å²) in [6.45, 7) is 1.87. The summed E-state index contributed by atoms with van der Waals surface area (Å²) < 4.78 is 7.20. The number of ether oxygens (including phenoxy) is 1. The summed E-state index contributed by atoms with van der Waals surface area (Å²) in [5.41, 5.74) is 2.27. The van der Waals surface area contributed by atoms with Gasteiger partial charge in [-0.25, -0.2) is 0 Å². The minimum Gasteiger partial charge on any atom is -0.497 e. The van der Waals surface area contributed by atoms with E-state index >= 15 is 0 Å². The largest absolute Gasteiger partial charge is 0.497 e. The van der Waals surface area contributed by atoms with Gasteiger partial charge in [-0.1, -0.05) is 77.4 Å². The lowest BCUT2D eigenvalue weighted by Crippen LogP contribution is -2.28. The first-order chi connectivity index (χ1) is 18.4. The summed E-state index contributed by atoms with van der Waals surface area (Å²) >= 11 is 14.4. The zero-order chi connectivity index (χ0) is 26.6. The molecule has 0 saturated carbocycles. The van der Waals surface area contributed by atoms with Gasteiger partial charge in [0.05, 0.1) is 23.9 Å². The molecule has 5 rings (SSSR count). The van der Waals surface area contributed by atoms with E-state index in [1.165, 1.54) is 11.8 Å². The molecule has 1 aromatic heterocycles. The molecule has 192 valence electrons. The van der Waals surface area contributed by atoms with Crippen LogP contribution in [0.5, 0.6) is 5.75 Å². The number of nitrogens with zero attached hydrogens (tertiary/aromatic N) is 3. The number of halogens is 2. The molecule has 38 heavy (non-hydrogen) atoms. The van der Waals surface area contributed by atoms with Crippen molar-refractivity contribution < 1.29 is 9.53 Å². The van der Waals surface area contributed by atoms with Gasteiger partial charge in [0.15, 0.2) is 11.0 Å². The average molecular weight is 564 g/mol. The van der Waals surface area contributed by atoms with Gasteiger partial charge in [0.25, 0.3) is 5.91 Å². The second-order valence-electron chi connectivity index (χ2n) is 8.67. The number of benzene rings is 4. The van der Waals surface area contributed by atoms with Gasteiger partial charge in [-0.3, -0.25) is 9.36 Å². The van der Waals surface area contributed by atoms with Gasteiger partial charge in [-0.2, -0.15) is 0 Å². The molecule has 0 saturated heterocycles. The summed E-state index contributed by atoms with van der Waals surface area (Å²) in [7, 11) is 1.64. The Kier molecular flexibility index (Phi) is 7.88. The van der Waals surface area contributed by atoms with Crippen molar-refractivity contribution in [2.24, 2.45) is 0 Å². The maximum absolute atomic E-state index is 13.2. The standard InChI is InChI=1S/C29H24Cl2N4O2S/c1-18(32-28(36)22-11-10-20-7-3-4-8-21(20)15-22)27-33-34-29(35(27)26-16-23(30)12-13-25(26)31)38-17-19-6-5-9-24(14-19)37-2/h3-16,18H,17H2,1-2H3,(H,32,36). The molecule has 0 spiro atoms. The van der Waals surface area contributed by atoms with Gasteiger partial charge in [-0.15, -0.1) is 10.2 Å². The van der Waals surface area contributed by atoms with Gasteiger partial charge in [0.1, 0.15) is 5.75 Å². The van der Waals surface area contributed by atoms with Crippen LogP contribution in [0.3, 0.4) is 0 Å². The summed E-state index contributed by atoms with van der Waals surface area (Å²) in [6, 6.07) is 26.2. The van der Waals surface area contributed by atoms with Crippen LogP contribution in [-0.2, 0) is 5.75 Å². The third-order valence-corrected chi connectivity index (χ3v) is 7.61. The second kappa shape index (κ2) is 11.5. The van der Waals surface area contributed by atoms with Crippen LogP contribution in [0, 0.1) is 0 Å². The average Bonchev–Trinajstić information content (AvgIpc) is 3.37. The Morgan fingerprint density at radius 3 is 2.61 bits per heavy atom. The molecular formula is C29H24Cl2N4O2S. The number of hydrogen-bond acceptors (Lipinski definition) is 5. The maximum atomic E-state index is 13.2. The van der Waals surface area contributed by atoms with Crippen LogP contribution in [0.2, 0.25) is 10.0 Å². The molecule has 1 atom stereocenters. The lowest BCUT2D eigenvalue weighted by molar-refractivity contribution is 0.0938. The topological polar surface area (TPSA) is 69.0 Å². The Labute approximate surface area is 234 Å². The van der Waals surface area contributed by atoms with Gasteiger partial charge < -0.3 is 10.1 Å². The van der Waals surface area contributed by atoms with E-state index in [1.807, 2.05) is 78.2 Å². The summed E-state index contributed by atoms with van der Waals surface area (Å²) in [5, 5.41) is 15.7. The van der Waals surface area contributed by atoms with Gasteiger partial charge in [-0.05, 0) is 65.7 Å². The fraction of sp³-hybridized carbons (Fsp3) is 0.138. The molecule has 0 aliphatic rings. The summed E-state index contributed by atoms with van der Waals surface area (Å²) in [5.74, 6) is 1.75. The highest BCUT2D eigenvalue weighted by Gasteiger charge is 2.23. The minimum atomic E-state index is -0.470. The van der Waals surface area contributed by atoms with E-state index in [4.69, 9.17) is 27.9 Å². The molecule has 1 amide bonds. The summed E-state index contributed by atoms with van der Waals surface area (Å²) in [6.07, 6.45) is 0. The number of rotatable bonds is 8. The second-order valence-corrected chi connectivity index (χ2v) is 10.5. The number of nitrogens with one attached hydrogen (secondary N) is 1. The molecule has 1 unspecified atom stereocenters. The number of carbonyl (C=O) groups is 1. The molecule has 0 aliphatic carbocycles. The molecular weight excluding hydrogens is 539 g/mol. The number of thioether (sulfide) groups is 1. The normalized spacial score (nSPS) is 11.9. The molecule has 4 aromatic carbocycles. The first-order valence-corrected chi connectivity index (χ1v) is 13.6. The molecule has 1 N–H and O–H groups in total. The molecule has 9 heteroatoms. The lowest BCUT2D eigenvalue weighted by atomic mass is 10.1. The van der Waals surface area contributed by atoms with E-state index < -0.39 is 6.04 Å². The van der Waals surface area contributed by atoms with E-state index in [0.717, 1.165) is 22.1 Å². The maximum Gasteiger partial charge on any atom is 0.251 e. The van der Waals surface area contributed by atoms with E-state index in [9.17, 15) is 4.79 Å². The SMILES string of the molecule is COc1cccc(CSc2nnc(C(C)NC(=O)c3ccc4ccccc4c3)n2-c2cc(Cl)ccc2Cl)c1. The Bertz CT molecular complexity index is 1620. The molecule has 5 aromatic rings. The van der Waals surface area contributed by atoms with Gasteiger partial charge in [0, 0.05) is 16.3 Å². The van der Waals surface area contributed by atoms with E-state index in [2.05, 4.69) is 15.5 Å². The molecule has 0 aliphatic heterocycles. The lowest BCUT2D eigenvalue weighted by Gasteiger charge is -2.17. The van der Waals surface area contributed by atoms with Crippen LogP contribution in [-0.4, -0.2) is 27.8 Å². The first-order valence-electron chi connectivity index (χ1n) is 11.9. The zero-order valence-corrected chi connectivity index (χ0v) is 23.0. The van der Waals surface area contributed by atoms with Crippen LogP contribution in [0.4, 0.5) is 0 Å². The van der Waals surface area contributed by atoms with E-state index in [-0.39, 0.29) is 5.91 Å². The van der Waals surface area contributed by atoms with Crippen molar-refractivity contribution in [3.63, 3.8) is 0 Å². The van der Waals surface area contributed by atoms with Crippen molar-refractivity contribution in [2.75, 3.05) is 7.11 Å². The van der Waals surface area contributed by atoms with Gasteiger partial charge in [0.2, 0.25) is 0 Å². The van der Waals surface area contributed by atoms with Crippen molar-refractivity contribution in [3.8, 4) is 11.4 Å². The Balaban J connectivity index is 1.45. The Morgan fingerprint density at radius 1 is 0.974 bits per heavy atom. The highest BCUT2D eigenvalue weighted by Crippen LogP contribution is 2.33. The molecule has 6 nitrogen and oxygen atoms in total. The van der Waals surface area contributed by atoms with E-state index in [1.54, 1.807) is 25.3 Å². The fourth-order valence-electron chi connectivity index (χ4n) is 4.12. The third kappa shape index (κ3) is 5.65. The highest BCUT2D eigenvalue weighted by atomic mass is 35.5. The van der Waals surface area contributed by atoms with Crippen LogP contribution >= 0.6 is 35.0 Å². The monoisotopic (exact) mass is 562 g/mol. The minimum absolute atomic E-state index is 0.208. The van der Waals surface area contributed by atoms with Crippen molar-refractivity contribution >= 4 is 51.6 Å². The Morgan fingerprint density at radius 2 is 1.79 bits per heavy atom. The van der Waals surface area contributed by atoms with Gasteiger partial charge >= 0.3 is 0 Å². The molecule has 0 fully saturated rings. The molecule has 1 heterocycles. The Hall–Kier alpha value is -3.52. The molecule has 0 radical (unpaired) electrons. The number of methoxy groups -OCH3 is 1. The predicted octanol–water partition coefficient (Wildman–Crippen LogP) is 7.52. The van der Waals surface area contributed by atoms with Crippen molar-refractivity contribution in [3.05, 3.63) is 112 Å².